The monoisotopic (exact) mass is 530 g/mol. The molecule has 0 aliphatic carbocycles. The molecule has 0 radical (unpaired) electrons. The van der Waals surface area contributed by atoms with Crippen LogP contribution in [0.1, 0.15) is 31.1 Å². The Kier molecular flexibility index (Phi) is 7.85. The van der Waals surface area contributed by atoms with Gasteiger partial charge in [0.1, 0.15) is 18.2 Å². The van der Waals surface area contributed by atoms with Crippen molar-refractivity contribution in [2.24, 2.45) is 0 Å². The lowest BCUT2D eigenvalue weighted by Crippen LogP contribution is -2.53. The minimum atomic E-state index is -1.13. The van der Waals surface area contributed by atoms with Gasteiger partial charge in [-0.1, -0.05) is 36.4 Å². The molecule has 3 amide bonds. The summed E-state index contributed by atoms with van der Waals surface area (Å²) in [4.78, 5) is 54.2. The lowest BCUT2D eigenvalue weighted by molar-refractivity contribution is -0.153. The molecule has 0 saturated heterocycles. The number of ether oxygens (including phenoxy) is 1. The Morgan fingerprint density at radius 2 is 1.62 bits per heavy atom. The molecule has 10 heteroatoms. The van der Waals surface area contributed by atoms with E-state index in [1.165, 1.54) is 23.1 Å². The SMILES string of the molecule is CC(C)(C)OC(=O)CN1C(=O)C(NC(=O)Nc2cccc(C(=O)O)c2)CN(c2ccccc2)c2ccccc21. The molecule has 3 aromatic carbocycles. The van der Waals surface area contributed by atoms with Crippen LogP contribution in [-0.4, -0.2) is 53.7 Å². The molecule has 0 fully saturated rings. The van der Waals surface area contributed by atoms with Crippen LogP contribution < -0.4 is 20.4 Å². The normalized spacial score (nSPS) is 15.2. The third kappa shape index (κ3) is 6.72. The molecule has 10 nitrogen and oxygen atoms in total. The molecular formula is C29H30N4O6. The Bertz CT molecular complexity index is 1390. The van der Waals surface area contributed by atoms with Crippen molar-refractivity contribution < 1.29 is 29.0 Å². The zero-order valence-corrected chi connectivity index (χ0v) is 21.9. The van der Waals surface area contributed by atoms with E-state index < -0.39 is 35.5 Å². The highest BCUT2D eigenvalue weighted by molar-refractivity contribution is 6.07. The second-order valence-electron chi connectivity index (χ2n) is 9.98. The van der Waals surface area contributed by atoms with Gasteiger partial charge in [0.25, 0.3) is 5.91 Å². The number of amides is 3. The molecule has 1 heterocycles. The molecule has 3 N–H and O–H groups in total. The van der Waals surface area contributed by atoms with Crippen molar-refractivity contribution >= 4 is 46.6 Å². The van der Waals surface area contributed by atoms with E-state index in [9.17, 15) is 24.3 Å². The number of nitrogens with zero attached hydrogens (tertiary/aromatic N) is 2. The molecule has 39 heavy (non-hydrogen) atoms. The van der Waals surface area contributed by atoms with Crippen LogP contribution in [0.4, 0.5) is 27.5 Å². The van der Waals surface area contributed by atoms with Crippen molar-refractivity contribution in [3.05, 3.63) is 84.4 Å². The molecule has 202 valence electrons. The summed E-state index contributed by atoms with van der Waals surface area (Å²) in [5.74, 6) is -2.22. The number of carboxylic acid groups (broad SMARTS) is 1. The standard InChI is InChI=1S/C29H30N4O6/c1-29(2,3)39-25(34)18-33-24-15-8-7-14-23(24)32(21-12-5-4-6-13-21)17-22(26(33)35)31-28(38)30-20-11-9-10-19(16-20)27(36)37/h4-16,22H,17-18H2,1-3H3,(H,36,37)(H2,30,31,38). The number of para-hydroxylation sites is 3. The lowest BCUT2D eigenvalue weighted by atomic mass is 10.2. The number of esters is 1. The van der Waals surface area contributed by atoms with E-state index >= 15 is 0 Å². The average Bonchev–Trinajstić information content (AvgIpc) is 2.99. The van der Waals surface area contributed by atoms with Gasteiger partial charge in [0.15, 0.2) is 0 Å². The number of hydrogen-bond acceptors (Lipinski definition) is 6. The average molecular weight is 531 g/mol. The number of fused-ring (bicyclic) bond motifs is 1. The number of aromatic carboxylic acids is 1. The van der Waals surface area contributed by atoms with Gasteiger partial charge in [0.05, 0.1) is 23.5 Å². The molecule has 1 aliphatic heterocycles. The fourth-order valence-electron chi connectivity index (χ4n) is 4.27. The number of benzene rings is 3. The summed E-state index contributed by atoms with van der Waals surface area (Å²) >= 11 is 0. The maximum Gasteiger partial charge on any atom is 0.335 e. The van der Waals surface area contributed by atoms with Crippen LogP contribution in [0.15, 0.2) is 78.9 Å². The minimum absolute atomic E-state index is 0.00702. The van der Waals surface area contributed by atoms with Gasteiger partial charge in [-0.15, -0.1) is 0 Å². The zero-order chi connectivity index (χ0) is 28.2. The predicted octanol–water partition coefficient (Wildman–Crippen LogP) is 4.40. The highest BCUT2D eigenvalue weighted by Gasteiger charge is 2.37. The number of carbonyl (C=O) groups is 4. The predicted molar refractivity (Wildman–Crippen MR) is 147 cm³/mol. The van der Waals surface area contributed by atoms with Crippen molar-refractivity contribution in [1.82, 2.24) is 5.32 Å². The largest absolute Gasteiger partial charge is 0.478 e. The number of urea groups is 1. The molecule has 0 bridgehead atoms. The van der Waals surface area contributed by atoms with Crippen LogP contribution in [0, 0.1) is 0 Å². The van der Waals surface area contributed by atoms with Gasteiger partial charge in [-0.2, -0.15) is 0 Å². The highest BCUT2D eigenvalue weighted by atomic mass is 16.6. The molecule has 1 unspecified atom stereocenters. The van der Waals surface area contributed by atoms with E-state index in [2.05, 4.69) is 10.6 Å². The third-order valence-corrected chi connectivity index (χ3v) is 5.84. The molecule has 1 aliphatic rings. The Morgan fingerprint density at radius 1 is 0.949 bits per heavy atom. The number of carbonyl (C=O) groups excluding carboxylic acids is 3. The topological polar surface area (TPSA) is 128 Å². The number of hydrogen-bond donors (Lipinski definition) is 3. The maximum absolute atomic E-state index is 13.9. The second kappa shape index (κ2) is 11.3. The number of rotatable bonds is 6. The third-order valence-electron chi connectivity index (χ3n) is 5.84. The summed E-state index contributed by atoms with van der Waals surface area (Å²) in [6, 6.07) is 20.6. The van der Waals surface area contributed by atoms with Crippen molar-refractivity contribution in [2.75, 3.05) is 28.2 Å². The molecular weight excluding hydrogens is 500 g/mol. The van der Waals surface area contributed by atoms with Crippen LogP contribution in [0.2, 0.25) is 0 Å². The fraction of sp³-hybridized carbons (Fsp3) is 0.241. The van der Waals surface area contributed by atoms with Gasteiger partial charge in [-0.05, 0) is 63.2 Å². The van der Waals surface area contributed by atoms with E-state index in [4.69, 9.17) is 4.74 Å². The van der Waals surface area contributed by atoms with E-state index in [-0.39, 0.29) is 24.3 Å². The molecule has 4 rings (SSSR count). The summed E-state index contributed by atoms with van der Waals surface area (Å²) in [6.45, 7) is 4.96. The first-order chi connectivity index (χ1) is 18.5. The first-order valence-electron chi connectivity index (χ1n) is 12.4. The minimum Gasteiger partial charge on any atom is -0.478 e. The number of carboxylic acids is 1. The summed E-state index contributed by atoms with van der Waals surface area (Å²) in [6.07, 6.45) is 0. The highest BCUT2D eigenvalue weighted by Crippen LogP contribution is 2.37. The fourth-order valence-corrected chi connectivity index (χ4v) is 4.27. The summed E-state index contributed by atoms with van der Waals surface area (Å²) in [5.41, 5.74) is 1.48. The maximum atomic E-state index is 13.9. The lowest BCUT2D eigenvalue weighted by Gasteiger charge is -2.27. The van der Waals surface area contributed by atoms with Gasteiger partial charge in [-0.3, -0.25) is 14.5 Å². The number of nitrogens with one attached hydrogen (secondary N) is 2. The van der Waals surface area contributed by atoms with E-state index in [0.29, 0.717) is 11.4 Å². The van der Waals surface area contributed by atoms with Gasteiger partial charge in [0, 0.05) is 11.4 Å². The van der Waals surface area contributed by atoms with Crippen LogP contribution in [0.5, 0.6) is 0 Å². The molecule has 0 spiro atoms. The summed E-state index contributed by atoms with van der Waals surface area (Å²) in [7, 11) is 0. The molecule has 0 saturated carbocycles. The zero-order valence-electron chi connectivity index (χ0n) is 21.9. The van der Waals surface area contributed by atoms with Gasteiger partial charge in [0.2, 0.25) is 0 Å². The molecule has 3 aromatic rings. The van der Waals surface area contributed by atoms with Gasteiger partial charge < -0.3 is 25.4 Å². The number of anilines is 4. The Labute approximate surface area is 226 Å². The summed E-state index contributed by atoms with van der Waals surface area (Å²) < 4.78 is 5.49. The molecule has 0 aromatic heterocycles. The van der Waals surface area contributed by atoms with Crippen molar-refractivity contribution in [3.8, 4) is 0 Å². The van der Waals surface area contributed by atoms with E-state index in [0.717, 1.165) is 5.69 Å². The van der Waals surface area contributed by atoms with E-state index in [1.54, 1.807) is 39.0 Å². The van der Waals surface area contributed by atoms with Crippen LogP contribution in [0.3, 0.4) is 0 Å². The Morgan fingerprint density at radius 3 is 2.28 bits per heavy atom. The van der Waals surface area contributed by atoms with Crippen molar-refractivity contribution in [2.45, 2.75) is 32.4 Å². The van der Waals surface area contributed by atoms with Crippen molar-refractivity contribution in [1.29, 1.82) is 0 Å². The van der Waals surface area contributed by atoms with E-state index in [1.807, 2.05) is 47.4 Å². The Balaban J connectivity index is 1.67. The first-order valence-corrected chi connectivity index (χ1v) is 12.4. The van der Waals surface area contributed by atoms with Crippen molar-refractivity contribution in [3.63, 3.8) is 0 Å². The smallest absolute Gasteiger partial charge is 0.335 e. The second-order valence-corrected chi connectivity index (χ2v) is 9.98. The van der Waals surface area contributed by atoms with Gasteiger partial charge >= 0.3 is 18.0 Å². The summed E-state index contributed by atoms with van der Waals surface area (Å²) in [5, 5.41) is 14.5. The first kappa shape index (κ1) is 27.2. The van der Waals surface area contributed by atoms with Crippen LogP contribution >= 0.6 is 0 Å². The van der Waals surface area contributed by atoms with Gasteiger partial charge in [-0.25, -0.2) is 9.59 Å². The molecule has 1 atom stereocenters. The quantitative estimate of drug-likeness (QED) is 0.403. The Hall–Kier alpha value is -4.86. The van der Waals surface area contributed by atoms with Crippen LogP contribution in [-0.2, 0) is 14.3 Å². The van der Waals surface area contributed by atoms with Crippen LogP contribution in [0.25, 0.3) is 0 Å².